The van der Waals surface area contributed by atoms with E-state index >= 15 is 0 Å². The number of ether oxygens (including phenoxy) is 1. The highest BCUT2D eigenvalue weighted by atomic mass is 35.5. The number of nitrogens with one attached hydrogen (secondary N) is 2. The number of carbonyl (C=O) groups excluding carboxylic acids is 1. The number of anilines is 1. The third kappa shape index (κ3) is 6.49. The highest BCUT2D eigenvalue weighted by molar-refractivity contribution is 6.34. The first kappa shape index (κ1) is 23.7. The first-order chi connectivity index (χ1) is 14.6. The molecule has 1 aromatic heterocycles. The summed E-state index contributed by atoms with van der Waals surface area (Å²) >= 11 is 6.03. The molecule has 0 radical (unpaired) electrons. The highest BCUT2D eigenvalue weighted by Crippen LogP contribution is 2.30. The van der Waals surface area contributed by atoms with Gasteiger partial charge in [-0.2, -0.15) is 5.10 Å². The maximum Gasteiger partial charge on any atom is 0.257 e. The number of hydrogen-bond acceptors (Lipinski definition) is 3. The van der Waals surface area contributed by atoms with Gasteiger partial charge in [0.15, 0.2) is 0 Å². The van der Waals surface area contributed by atoms with Crippen LogP contribution >= 0.6 is 11.6 Å². The number of aromatic amines is 1. The molecule has 1 heterocycles. The van der Waals surface area contributed by atoms with Crippen LogP contribution in [-0.2, 0) is 0 Å². The number of fused-ring (bicyclic) bond motifs is 1. The Bertz CT molecular complexity index is 933. The van der Waals surface area contributed by atoms with E-state index in [1.807, 2.05) is 13.8 Å². The number of nitrogens with zero attached hydrogens (tertiary/aromatic N) is 1. The zero-order chi connectivity index (χ0) is 21.9. The van der Waals surface area contributed by atoms with Crippen molar-refractivity contribution in [1.29, 1.82) is 0 Å². The quantitative estimate of drug-likeness (QED) is 0.467. The lowest BCUT2D eigenvalue weighted by Gasteiger charge is -2.15. The summed E-state index contributed by atoms with van der Waals surface area (Å²) in [6.07, 6.45) is 9.12. The zero-order valence-corrected chi connectivity index (χ0v) is 19.1. The summed E-state index contributed by atoms with van der Waals surface area (Å²) in [5.74, 6) is 1.29. The molecule has 0 saturated heterocycles. The number of benzene rings is 2. The summed E-state index contributed by atoms with van der Waals surface area (Å²) in [7, 11) is 1.54. The van der Waals surface area contributed by atoms with E-state index in [2.05, 4.69) is 22.4 Å². The zero-order valence-electron chi connectivity index (χ0n) is 18.3. The Kier molecular flexibility index (Phi) is 9.68. The van der Waals surface area contributed by atoms with Crippen molar-refractivity contribution in [3.8, 4) is 5.75 Å². The third-order valence-corrected chi connectivity index (χ3v) is 5.35. The van der Waals surface area contributed by atoms with Gasteiger partial charge in [-0.25, -0.2) is 0 Å². The topological polar surface area (TPSA) is 67.0 Å². The van der Waals surface area contributed by atoms with Gasteiger partial charge in [0, 0.05) is 11.5 Å². The molecule has 1 aliphatic rings. The Morgan fingerprint density at radius 1 is 1.17 bits per heavy atom. The number of H-pyrrole nitrogens is 1. The van der Waals surface area contributed by atoms with Crippen LogP contribution in [0.25, 0.3) is 10.9 Å². The minimum atomic E-state index is -0.290. The molecule has 1 aliphatic carbocycles. The van der Waals surface area contributed by atoms with E-state index in [0.29, 0.717) is 22.0 Å². The summed E-state index contributed by atoms with van der Waals surface area (Å²) in [5.41, 5.74) is 1.81. The second kappa shape index (κ2) is 12.2. The molecule has 0 bridgehead atoms. The number of amides is 1. The largest absolute Gasteiger partial charge is 0.494 e. The Balaban J connectivity index is 0.000000299. The molecule has 1 saturated carbocycles. The lowest BCUT2D eigenvalue weighted by atomic mass is 9.91. The Morgan fingerprint density at radius 2 is 1.87 bits per heavy atom. The van der Waals surface area contributed by atoms with Gasteiger partial charge in [0.25, 0.3) is 5.91 Å². The summed E-state index contributed by atoms with van der Waals surface area (Å²) in [6.45, 7) is 6.36. The molecule has 0 spiro atoms. The maximum absolute atomic E-state index is 12.3. The van der Waals surface area contributed by atoms with Crippen molar-refractivity contribution in [3.05, 3.63) is 53.2 Å². The molecule has 162 valence electrons. The minimum absolute atomic E-state index is 0.290. The van der Waals surface area contributed by atoms with Crippen molar-refractivity contribution in [3.63, 3.8) is 0 Å². The molecular weight excluding hydrogens is 398 g/mol. The number of aromatic nitrogens is 2. The van der Waals surface area contributed by atoms with Crippen molar-refractivity contribution in [1.82, 2.24) is 10.2 Å². The van der Waals surface area contributed by atoms with Crippen LogP contribution in [0.3, 0.4) is 0 Å². The number of hydrogen-bond donors (Lipinski definition) is 2. The van der Waals surface area contributed by atoms with Crippen molar-refractivity contribution in [2.24, 2.45) is 5.92 Å². The fourth-order valence-electron chi connectivity index (χ4n) is 3.38. The summed E-state index contributed by atoms with van der Waals surface area (Å²) in [6, 6.07) is 10.5. The van der Waals surface area contributed by atoms with Crippen LogP contribution in [0.15, 0.2) is 42.6 Å². The smallest absolute Gasteiger partial charge is 0.257 e. The van der Waals surface area contributed by atoms with Gasteiger partial charge >= 0.3 is 0 Å². The van der Waals surface area contributed by atoms with E-state index in [1.165, 1.54) is 32.1 Å². The van der Waals surface area contributed by atoms with Gasteiger partial charge in [-0.15, -0.1) is 0 Å². The molecule has 30 heavy (non-hydrogen) atoms. The van der Waals surface area contributed by atoms with Gasteiger partial charge in [-0.3, -0.25) is 9.89 Å². The predicted octanol–water partition coefficient (Wildman–Crippen LogP) is 7.09. The van der Waals surface area contributed by atoms with E-state index in [1.54, 1.807) is 49.7 Å². The molecule has 3 aromatic rings. The van der Waals surface area contributed by atoms with Crippen molar-refractivity contribution >= 4 is 34.1 Å². The summed E-state index contributed by atoms with van der Waals surface area (Å²) in [4.78, 5) is 12.3. The molecule has 1 fully saturated rings. The van der Waals surface area contributed by atoms with E-state index in [4.69, 9.17) is 16.3 Å². The summed E-state index contributed by atoms with van der Waals surface area (Å²) in [5, 5.41) is 10.9. The lowest BCUT2D eigenvalue weighted by molar-refractivity contribution is 0.102. The molecule has 6 heteroatoms. The SMILES string of the molecule is CC.CC1CCCCC1.COc1cc2[nH]ncc2cc1NC(=O)c1ccccc1Cl. The van der Waals surface area contributed by atoms with Crippen LogP contribution in [0.5, 0.6) is 5.75 Å². The van der Waals surface area contributed by atoms with Gasteiger partial charge in [0.1, 0.15) is 5.75 Å². The summed E-state index contributed by atoms with van der Waals surface area (Å²) < 4.78 is 5.29. The first-order valence-electron chi connectivity index (χ1n) is 10.7. The van der Waals surface area contributed by atoms with Crippen molar-refractivity contribution in [2.75, 3.05) is 12.4 Å². The Morgan fingerprint density at radius 3 is 2.47 bits per heavy atom. The number of methoxy groups -OCH3 is 1. The molecule has 2 N–H and O–H groups in total. The first-order valence-corrected chi connectivity index (χ1v) is 11.0. The van der Waals surface area contributed by atoms with Crippen LogP contribution < -0.4 is 10.1 Å². The average molecular weight is 430 g/mol. The molecule has 0 aliphatic heterocycles. The Hall–Kier alpha value is -2.53. The van der Waals surface area contributed by atoms with Gasteiger partial charge < -0.3 is 10.1 Å². The van der Waals surface area contributed by atoms with Crippen LogP contribution in [0.2, 0.25) is 5.02 Å². The average Bonchev–Trinajstić information content (AvgIpc) is 3.23. The maximum atomic E-state index is 12.3. The number of carbonyl (C=O) groups is 1. The molecule has 0 unspecified atom stereocenters. The van der Waals surface area contributed by atoms with Crippen LogP contribution in [0.4, 0.5) is 5.69 Å². The molecule has 1 amide bonds. The second-order valence-corrected chi connectivity index (χ2v) is 7.59. The standard InChI is InChI=1S/C15H12ClN3O2.C7H14.C2H6/c1-21-14-7-12-9(8-17-19-12)6-13(14)18-15(20)10-4-2-3-5-11(10)16;1-7-5-3-2-4-6-7;1-2/h2-8H,1H3,(H,17,19)(H,18,20);7H,2-6H2,1H3;1-2H3. The monoisotopic (exact) mass is 429 g/mol. The molecule has 2 aromatic carbocycles. The lowest BCUT2D eigenvalue weighted by Crippen LogP contribution is -2.13. The van der Waals surface area contributed by atoms with Crippen LogP contribution in [-0.4, -0.2) is 23.2 Å². The fraction of sp³-hybridized carbons (Fsp3) is 0.417. The van der Waals surface area contributed by atoms with E-state index in [9.17, 15) is 4.79 Å². The third-order valence-electron chi connectivity index (χ3n) is 5.02. The van der Waals surface area contributed by atoms with Crippen LogP contribution in [0.1, 0.15) is 63.2 Å². The van der Waals surface area contributed by atoms with E-state index < -0.39 is 0 Å². The van der Waals surface area contributed by atoms with Gasteiger partial charge in [0.05, 0.1) is 35.1 Å². The van der Waals surface area contributed by atoms with Crippen LogP contribution in [0, 0.1) is 5.92 Å². The fourth-order valence-corrected chi connectivity index (χ4v) is 3.60. The number of rotatable bonds is 3. The minimum Gasteiger partial charge on any atom is -0.494 e. The normalized spacial score (nSPS) is 13.5. The molecule has 5 nitrogen and oxygen atoms in total. The second-order valence-electron chi connectivity index (χ2n) is 7.19. The van der Waals surface area contributed by atoms with E-state index in [0.717, 1.165) is 16.8 Å². The van der Waals surface area contributed by atoms with Crippen molar-refractivity contribution in [2.45, 2.75) is 52.9 Å². The molecule has 4 rings (SSSR count). The predicted molar refractivity (Wildman–Crippen MR) is 126 cm³/mol. The molecule has 0 atom stereocenters. The number of halogens is 1. The Labute approximate surface area is 184 Å². The van der Waals surface area contributed by atoms with Gasteiger partial charge in [0.2, 0.25) is 0 Å². The van der Waals surface area contributed by atoms with E-state index in [-0.39, 0.29) is 5.91 Å². The van der Waals surface area contributed by atoms with Crippen molar-refractivity contribution < 1.29 is 9.53 Å². The van der Waals surface area contributed by atoms with Gasteiger partial charge in [-0.05, 0) is 24.1 Å². The van der Waals surface area contributed by atoms with Gasteiger partial charge in [-0.1, -0.05) is 76.6 Å². The highest BCUT2D eigenvalue weighted by Gasteiger charge is 2.14. The molecular formula is C24H32ClN3O2.